The number of nitrogens with one attached hydrogen (secondary N) is 2. The summed E-state index contributed by atoms with van der Waals surface area (Å²) in [4.78, 5) is 13.9. The van der Waals surface area contributed by atoms with E-state index in [0.29, 0.717) is 24.7 Å². The van der Waals surface area contributed by atoms with Gasteiger partial charge in [0, 0.05) is 26.8 Å². The van der Waals surface area contributed by atoms with Crippen molar-refractivity contribution in [2.45, 2.75) is 12.8 Å². The Morgan fingerprint density at radius 2 is 2.05 bits per heavy atom. The minimum absolute atomic E-state index is 0.188. The maximum Gasteiger partial charge on any atom is 0.271 e. The van der Waals surface area contributed by atoms with Gasteiger partial charge in [0.2, 0.25) is 0 Å². The second-order valence-electron chi connectivity index (χ2n) is 4.99. The fraction of sp³-hybridized carbons (Fsp3) is 0.643. The van der Waals surface area contributed by atoms with Gasteiger partial charge in [-0.15, -0.1) is 10.2 Å². The summed E-state index contributed by atoms with van der Waals surface area (Å²) in [5.41, 5.74) is 0.335. The van der Waals surface area contributed by atoms with Crippen LogP contribution in [0.5, 0.6) is 0 Å². The molecule has 2 N–H and O–H groups in total. The molecule has 1 aromatic heterocycles. The fourth-order valence-corrected chi connectivity index (χ4v) is 1.67. The van der Waals surface area contributed by atoms with Crippen molar-refractivity contribution in [2.24, 2.45) is 0 Å². The monoisotopic (exact) mass is 295 g/mol. The van der Waals surface area contributed by atoms with Crippen LogP contribution in [0.4, 0.5) is 5.82 Å². The van der Waals surface area contributed by atoms with Crippen LogP contribution in [0.3, 0.4) is 0 Å². The molecule has 0 atom stereocenters. The predicted octanol–water partition coefficient (Wildman–Crippen LogP) is 0.607. The Morgan fingerprint density at radius 3 is 2.67 bits per heavy atom. The number of carbonyl (C=O) groups is 1. The van der Waals surface area contributed by atoms with Gasteiger partial charge in [0.25, 0.3) is 5.91 Å². The molecule has 1 heterocycles. The fourth-order valence-electron chi connectivity index (χ4n) is 1.67. The first-order valence-corrected chi connectivity index (χ1v) is 7.13. The van der Waals surface area contributed by atoms with Crippen molar-refractivity contribution in [3.8, 4) is 0 Å². The van der Waals surface area contributed by atoms with Crippen LogP contribution in [0, 0.1) is 0 Å². The number of anilines is 1. The molecule has 7 nitrogen and oxygen atoms in total. The lowest BCUT2D eigenvalue weighted by atomic mass is 10.3. The largest absolute Gasteiger partial charge is 0.385 e. The normalized spacial score (nSPS) is 10.7. The molecule has 7 heteroatoms. The number of aromatic nitrogens is 2. The van der Waals surface area contributed by atoms with Crippen LogP contribution >= 0.6 is 0 Å². The van der Waals surface area contributed by atoms with Crippen molar-refractivity contribution in [1.29, 1.82) is 0 Å². The topological polar surface area (TPSA) is 79.4 Å². The number of ether oxygens (including phenoxy) is 1. The van der Waals surface area contributed by atoms with E-state index >= 15 is 0 Å². The van der Waals surface area contributed by atoms with Gasteiger partial charge >= 0.3 is 0 Å². The first-order valence-electron chi connectivity index (χ1n) is 7.13. The van der Waals surface area contributed by atoms with E-state index in [0.717, 1.165) is 25.9 Å². The zero-order chi connectivity index (χ0) is 15.5. The zero-order valence-corrected chi connectivity index (χ0v) is 13.1. The molecule has 0 saturated carbocycles. The number of hydrogen-bond donors (Lipinski definition) is 2. The Bertz CT molecular complexity index is 408. The van der Waals surface area contributed by atoms with E-state index in [-0.39, 0.29) is 5.91 Å². The average Bonchev–Trinajstić information content (AvgIpc) is 2.48. The van der Waals surface area contributed by atoms with E-state index in [9.17, 15) is 4.79 Å². The van der Waals surface area contributed by atoms with E-state index in [1.54, 1.807) is 19.2 Å². The maximum atomic E-state index is 11.8. The quantitative estimate of drug-likeness (QED) is 0.616. The summed E-state index contributed by atoms with van der Waals surface area (Å²) in [7, 11) is 5.68. The molecule has 0 aliphatic carbocycles. The summed E-state index contributed by atoms with van der Waals surface area (Å²) in [6.45, 7) is 3.04. The zero-order valence-electron chi connectivity index (χ0n) is 13.1. The van der Waals surface area contributed by atoms with E-state index in [2.05, 4.69) is 25.7 Å². The highest BCUT2D eigenvalue weighted by Gasteiger charge is 2.07. The molecule has 0 saturated heterocycles. The standard InChI is InChI=1S/C14H25N5O2/c1-19(2)10-4-8-16-14(20)12-6-7-13(18-17-12)15-9-5-11-21-3/h6-7H,4-5,8-11H2,1-3H3,(H,15,18)(H,16,20). The summed E-state index contributed by atoms with van der Waals surface area (Å²) in [5.74, 6) is 0.474. The van der Waals surface area contributed by atoms with Crippen molar-refractivity contribution in [1.82, 2.24) is 20.4 Å². The van der Waals surface area contributed by atoms with Gasteiger partial charge in [-0.2, -0.15) is 0 Å². The number of rotatable bonds is 10. The van der Waals surface area contributed by atoms with Crippen LogP contribution < -0.4 is 10.6 Å². The van der Waals surface area contributed by atoms with Gasteiger partial charge in [0.15, 0.2) is 5.69 Å². The Kier molecular flexibility index (Phi) is 8.30. The highest BCUT2D eigenvalue weighted by molar-refractivity contribution is 5.92. The third kappa shape index (κ3) is 7.57. The summed E-state index contributed by atoms with van der Waals surface area (Å²) < 4.78 is 4.96. The van der Waals surface area contributed by atoms with E-state index in [1.165, 1.54) is 0 Å². The van der Waals surface area contributed by atoms with E-state index in [1.807, 2.05) is 14.1 Å². The highest BCUT2D eigenvalue weighted by atomic mass is 16.5. The van der Waals surface area contributed by atoms with Crippen molar-refractivity contribution >= 4 is 11.7 Å². The van der Waals surface area contributed by atoms with Gasteiger partial charge in [0.05, 0.1) is 0 Å². The molecule has 0 aliphatic rings. The molecule has 1 amide bonds. The van der Waals surface area contributed by atoms with Crippen LogP contribution in [0.2, 0.25) is 0 Å². The lowest BCUT2D eigenvalue weighted by Gasteiger charge is -2.09. The third-order valence-electron chi connectivity index (χ3n) is 2.80. The number of hydrogen-bond acceptors (Lipinski definition) is 6. The smallest absolute Gasteiger partial charge is 0.271 e. The first-order chi connectivity index (χ1) is 10.1. The molecule has 0 spiro atoms. The van der Waals surface area contributed by atoms with Crippen LogP contribution in [0.1, 0.15) is 23.3 Å². The summed E-state index contributed by atoms with van der Waals surface area (Å²) in [5, 5.41) is 13.9. The molecule has 118 valence electrons. The molecule has 0 aliphatic heterocycles. The Hall–Kier alpha value is -1.73. The van der Waals surface area contributed by atoms with Crippen LogP contribution in [0.25, 0.3) is 0 Å². The lowest BCUT2D eigenvalue weighted by Crippen LogP contribution is -2.28. The Labute approximate surface area is 126 Å². The number of amides is 1. The minimum Gasteiger partial charge on any atom is -0.385 e. The number of carbonyl (C=O) groups excluding carboxylic acids is 1. The average molecular weight is 295 g/mol. The molecule has 1 rings (SSSR count). The van der Waals surface area contributed by atoms with Crippen LogP contribution in [0.15, 0.2) is 12.1 Å². The summed E-state index contributed by atoms with van der Waals surface area (Å²) in [6, 6.07) is 3.43. The van der Waals surface area contributed by atoms with Crippen LogP contribution in [-0.4, -0.2) is 68.5 Å². The minimum atomic E-state index is -0.188. The Morgan fingerprint density at radius 1 is 1.24 bits per heavy atom. The van der Waals surface area contributed by atoms with Crippen molar-refractivity contribution in [3.05, 3.63) is 17.8 Å². The second-order valence-corrected chi connectivity index (χ2v) is 4.99. The molecule has 0 bridgehead atoms. The highest BCUT2D eigenvalue weighted by Crippen LogP contribution is 2.02. The van der Waals surface area contributed by atoms with Gasteiger partial charge in [-0.25, -0.2) is 0 Å². The molecule has 0 unspecified atom stereocenters. The Balaban J connectivity index is 2.30. The molecular formula is C14H25N5O2. The summed E-state index contributed by atoms with van der Waals surface area (Å²) >= 11 is 0. The van der Waals surface area contributed by atoms with Gasteiger partial charge in [0.1, 0.15) is 5.82 Å². The van der Waals surface area contributed by atoms with Gasteiger partial charge in [-0.3, -0.25) is 4.79 Å². The van der Waals surface area contributed by atoms with Crippen LogP contribution in [-0.2, 0) is 4.74 Å². The molecular weight excluding hydrogens is 270 g/mol. The molecule has 0 radical (unpaired) electrons. The molecule has 0 aromatic carbocycles. The lowest BCUT2D eigenvalue weighted by molar-refractivity contribution is 0.0946. The van der Waals surface area contributed by atoms with Gasteiger partial charge in [-0.1, -0.05) is 0 Å². The molecule has 1 aromatic rings. The second kappa shape index (κ2) is 10.1. The number of methoxy groups -OCH3 is 1. The van der Waals surface area contributed by atoms with Crippen molar-refractivity contribution in [3.63, 3.8) is 0 Å². The predicted molar refractivity (Wildman–Crippen MR) is 82.5 cm³/mol. The third-order valence-corrected chi connectivity index (χ3v) is 2.80. The van der Waals surface area contributed by atoms with Gasteiger partial charge < -0.3 is 20.3 Å². The van der Waals surface area contributed by atoms with Crippen molar-refractivity contribution in [2.75, 3.05) is 52.8 Å². The first kappa shape index (κ1) is 17.3. The molecule has 21 heavy (non-hydrogen) atoms. The molecule has 0 fully saturated rings. The number of nitrogens with zero attached hydrogens (tertiary/aromatic N) is 3. The van der Waals surface area contributed by atoms with Gasteiger partial charge in [-0.05, 0) is 45.6 Å². The van der Waals surface area contributed by atoms with E-state index in [4.69, 9.17) is 4.74 Å². The van der Waals surface area contributed by atoms with Crippen molar-refractivity contribution < 1.29 is 9.53 Å². The summed E-state index contributed by atoms with van der Waals surface area (Å²) in [6.07, 6.45) is 1.80. The maximum absolute atomic E-state index is 11.8. The van der Waals surface area contributed by atoms with E-state index < -0.39 is 0 Å². The SMILES string of the molecule is COCCCNc1ccc(C(=O)NCCCN(C)C)nn1.